The van der Waals surface area contributed by atoms with Crippen LogP contribution in [0.2, 0.25) is 0 Å². The number of rotatable bonds is 6. The van der Waals surface area contributed by atoms with E-state index in [4.69, 9.17) is 0 Å². The van der Waals surface area contributed by atoms with E-state index in [9.17, 15) is 23.3 Å². The number of amides is 1. The van der Waals surface area contributed by atoms with Crippen LogP contribution in [0.15, 0.2) is 46.0 Å². The second kappa shape index (κ2) is 8.13. The number of sulfonamides is 1. The number of nitro benzene ring substituents is 1. The van der Waals surface area contributed by atoms with Gasteiger partial charge in [0.1, 0.15) is 4.21 Å². The minimum Gasteiger partial charge on any atom is -0.325 e. The summed E-state index contributed by atoms with van der Waals surface area (Å²) < 4.78 is 26.7. The van der Waals surface area contributed by atoms with Crippen LogP contribution in [0, 0.1) is 10.1 Å². The molecule has 1 N–H and O–H groups in total. The molecule has 1 fully saturated rings. The molecule has 0 unspecified atom stereocenters. The summed E-state index contributed by atoms with van der Waals surface area (Å²) in [6.07, 6.45) is 0. The Kier molecular flexibility index (Phi) is 5.85. The maximum absolute atomic E-state index is 12.5. The maximum Gasteiger partial charge on any atom is 0.271 e. The highest BCUT2D eigenvalue weighted by atomic mass is 32.2. The lowest BCUT2D eigenvalue weighted by molar-refractivity contribution is -0.384. The molecule has 27 heavy (non-hydrogen) atoms. The van der Waals surface area contributed by atoms with E-state index in [0.717, 1.165) is 0 Å². The van der Waals surface area contributed by atoms with E-state index in [2.05, 4.69) is 5.32 Å². The largest absolute Gasteiger partial charge is 0.325 e. The zero-order valence-electron chi connectivity index (χ0n) is 14.3. The molecule has 1 aromatic heterocycles. The van der Waals surface area contributed by atoms with E-state index in [1.165, 1.54) is 33.8 Å². The van der Waals surface area contributed by atoms with Gasteiger partial charge < -0.3 is 5.32 Å². The first kappa shape index (κ1) is 19.4. The molecule has 9 nitrogen and oxygen atoms in total. The average Bonchev–Trinajstić information content (AvgIpc) is 3.18. The number of anilines is 1. The number of carbonyl (C=O) groups is 1. The molecule has 1 amide bonds. The number of piperazine rings is 1. The third kappa shape index (κ3) is 4.69. The molecule has 2 aromatic rings. The van der Waals surface area contributed by atoms with E-state index in [0.29, 0.717) is 36.1 Å². The van der Waals surface area contributed by atoms with Crippen LogP contribution in [0.5, 0.6) is 0 Å². The van der Waals surface area contributed by atoms with Crippen LogP contribution < -0.4 is 5.32 Å². The first-order chi connectivity index (χ1) is 12.9. The standard InChI is InChI=1S/C16H18N4O5S2/c21-15(17-13-3-1-4-14(11-13)20(22)23)12-18-6-8-19(9-7-18)27(24,25)16-5-2-10-26-16/h1-5,10-11H,6-9,12H2,(H,17,21). The molecule has 3 rings (SSSR count). The molecule has 1 saturated heterocycles. The number of benzene rings is 1. The summed E-state index contributed by atoms with van der Waals surface area (Å²) in [6.45, 7) is 1.59. The molecule has 1 aromatic carbocycles. The summed E-state index contributed by atoms with van der Waals surface area (Å²) in [5.41, 5.74) is 0.258. The predicted octanol–water partition coefficient (Wildman–Crippen LogP) is 1.60. The van der Waals surface area contributed by atoms with Crippen molar-refractivity contribution in [2.45, 2.75) is 4.21 Å². The van der Waals surface area contributed by atoms with Gasteiger partial charge in [0, 0.05) is 44.0 Å². The fraction of sp³-hybridized carbons (Fsp3) is 0.312. The molecule has 144 valence electrons. The summed E-state index contributed by atoms with van der Waals surface area (Å²) in [5, 5.41) is 15.1. The second-order valence-electron chi connectivity index (χ2n) is 5.97. The van der Waals surface area contributed by atoms with Crippen molar-refractivity contribution in [3.05, 3.63) is 51.9 Å². The van der Waals surface area contributed by atoms with Crippen LogP contribution in [-0.2, 0) is 14.8 Å². The molecule has 0 radical (unpaired) electrons. The first-order valence-corrected chi connectivity index (χ1v) is 10.5. The van der Waals surface area contributed by atoms with Crippen molar-refractivity contribution in [1.29, 1.82) is 0 Å². The lowest BCUT2D eigenvalue weighted by Crippen LogP contribution is -2.50. The minimum absolute atomic E-state index is 0.0928. The normalized spacial score (nSPS) is 16.1. The number of carbonyl (C=O) groups excluding carboxylic acids is 1. The van der Waals surface area contributed by atoms with E-state index >= 15 is 0 Å². The summed E-state index contributed by atoms with van der Waals surface area (Å²) >= 11 is 1.18. The Labute approximate surface area is 160 Å². The van der Waals surface area contributed by atoms with Gasteiger partial charge in [-0.1, -0.05) is 12.1 Å². The van der Waals surface area contributed by atoms with Crippen molar-refractivity contribution < 1.29 is 18.1 Å². The van der Waals surface area contributed by atoms with Crippen molar-refractivity contribution in [2.24, 2.45) is 0 Å². The van der Waals surface area contributed by atoms with Gasteiger partial charge in [0.05, 0.1) is 11.5 Å². The Bertz CT molecular complexity index is 922. The average molecular weight is 410 g/mol. The molecular formula is C16H18N4O5S2. The van der Waals surface area contributed by atoms with E-state index in [1.54, 1.807) is 23.6 Å². The molecular weight excluding hydrogens is 392 g/mol. The molecule has 0 saturated carbocycles. The van der Waals surface area contributed by atoms with Crippen molar-refractivity contribution in [2.75, 3.05) is 38.0 Å². The monoisotopic (exact) mass is 410 g/mol. The van der Waals surface area contributed by atoms with Crippen molar-refractivity contribution in [3.63, 3.8) is 0 Å². The summed E-state index contributed by atoms with van der Waals surface area (Å²) in [5.74, 6) is -0.301. The van der Waals surface area contributed by atoms with Crippen LogP contribution in [0.3, 0.4) is 0 Å². The summed E-state index contributed by atoms with van der Waals surface area (Å²) in [6, 6.07) is 9.01. The number of non-ortho nitro benzene ring substituents is 1. The lowest BCUT2D eigenvalue weighted by atomic mass is 10.2. The van der Waals surface area contributed by atoms with Crippen LogP contribution in [0.4, 0.5) is 11.4 Å². The van der Waals surface area contributed by atoms with Crippen LogP contribution in [-0.4, -0.2) is 61.2 Å². The van der Waals surface area contributed by atoms with Gasteiger partial charge in [-0.3, -0.25) is 19.8 Å². The number of nitrogens with one attached hydrogen (secondary N) is 1. The van der Waals surface area contributed by atoms with E-state index < -0.39 is 14.9 Å². The Morgan fingerprint density at radius 1 is 1.19 bits per heavy atom. The fourth-order valence-corrected chi connectivity index (χ4v) is 5.33. The van der Waals surface area contributed by atoms with Gasteiger partial charge in [-0.25, -0.2) is 8.42 Å². The van der Waals surface area contributed by atoms with Gasteiger partial charge in [0.25, 0.3) is 15.7 Å². The fourth-order valence-electron chi connectivity index (χ4n) is 2.77. The Morgan fingerprint density at radius 2 is 1.93 bits per heavy atom. The summed E-state index contributed by atoms with van der Waals surface area (Å²) in [7, 11) is -3.47. The topological polar surface area (TPSA) is 113 Å². The number of hydrogen-bond donors (Lipinski definition) is 1. The summed E-state index contributed by atoms with van der Waals surface area (Å²) in [4.78, 5) is 24.3. The molecule has 0 bridgehead atoms. The zero-order valence-corrected chi connectivity index (χ0v) is 15.9. The van der Waals surface area contributed by atoms with Crippen LogP contribution in [0.25, 0.3) is 0 Å². The van der Waals surface area contributed by atoms with E-state index in [-0.39, 0.29) is 18.1 Å². The Hall–Kier alpha value is -2.34. The molecule has 2 heterocycles. The quantitative estimate of drug-likeness (QED) is 0.572. The molecule has 11 heteroatoms. The highest BCUT2D eigenvalue weighted by molar-refractivity contribution is 7.91. The number of nitro groups is 1. The third-order valence-corrected chi connectivity index (χ3v) is 7.40. The lowest BCUT2D eigenvalue weighted by Gasteiger charge is -2.33. The van der Waals surface area contributed by atoms with Crippen LogP contribution in [0.1, 0.15) is 0 Å². The van der Waals surface area contributed by atoms with Crippen molar-refractivity contribution in [1.82, 2.24) is 9.21 Å². The molecule has 1 aliphatic rings. The van der Waals surface area contributed by atoms with Crippen molar-refractivity contribution >= 4 is 38.6 Å². The number of hydrogen-bond acceptors (Lipinski definition) is 7. The smallest absolute Gasteiger partial charge is 0.271 e. The second-order valence-corrected chi connectivity index (χ2v) is 9.08. The first-order valence-electron chi connectivity index (χ1n) is 8.16. The Morgan fingerprint density at radius 3 is 2.56 bits per heavy atom. The van der Waals surface area contributed by atoms with Gasteiger partial charge in [-0.15, -0.1) is 11.3 Å². The van der Waals surface area contributed by atoms with Gasteiger partial charge in [-0.05, 0) is 17.5 Å². The zero-order chi connectivity index (χ0) is 19.4. The van der Waals surface area contributed by atoms with Crippen molar-refractivity contribution in [3.8, 4) is 0 Å². The highest BCUT2D eigenvalue weighted by Crippen LogP contribution is 2.22. The van der Waals surface area contributed by atoms with Gasteiger partial charge >= 0.3 is 0 Å². The predicted molar refractivity (Wildman–Crippen MR) is 101 cm³/mol. The molecule has 0 spiro atoms. The SMILES string of the molecule is O=C(CN1CCN(S(=O)(=O)c2cccs2)CC1)Nc1cccc([N+](=O)[O-])c1. The van der Waals surface area contributed by atoms with Gasteiger partial charge in [0.15, 0.2) is 0 Å². The third-order valence-electron chi connectivity index (χ3n) is 4.13. The van der Waals surface area contributed by atoms with Gasteiger partial charge in [-0.2, -0.15) is 4.31 Å². The minimum atomic E-state index is -3.47. The van der Waals surface area contributed by atoms with Crippen LogP contribution >= 0.6 is 11.3 Å². The number of thiophene rings is 1. The van der Waals surface area contributed by atoms with E-state index in [1.807, 2.05) is 4.90 Å². The molecule has 1 aliphatic heterocycles. The number of nitrogens with zero attached hydrogens (tertiary/aromatic N) is 3. The Balaban J connectivity index is 1.52. The molecule has 0 atom stereocenters. The molecule has 0 aliphatic carbocycles. The maximum atomic E-state index is 12.5. The van der Waals surface area contributed by atoms with Gasteiger partial charge in [0.2, 0.25) is 5.91 Å². The highest BCUT2D eigenvalue weighted by Gasteiger charge is 2.29.